The van der Waals surface area contributed by atoms with Gasteiger partial charge in [0.2, 0.25) is 5.91 Å². The minimum Gasteiger partial charge on any atom is -0.484 e. The molecule has 2 rings (SSSR count). The summed E-state index contributed by atoms with van der Waals surface area (Å²) in [5.74, 6) is 0.276. The molecule has 0 spiro atoms. The first kappa shape index (κ1) is 22.5. The highest BCUT2D eigenvalue weighted by Gasteiger charge is 2.26. The van der Waals surface area contributed by atoms with E-state index in [0.29, 0.717) is 18.8 Å². The van der Waals surface area contributed by atoms with Crippen LogP contribution in [0.1, 0.15) is 43.9 Å². The second kappa shape index (κ2) is 11.2. The first-order valence-corrected chi connectivity index (χ1v) is 10.3. The Labute approximate surface area is 174 Å². The summed E-state index contributed by atoms with van der Waals surface area (Å²) in [5, 5.41) is 2.88. The maximum absolute atomic E-state index is 13.0. The van der Waals surface area contributed by atoms with E-state index < -0.39 is 6.04 Å². The Morgan fingerprint density at radius 1 is 1.00 bits per heavy atom. The van der Waals surface area contributed by atoms with Crippen LogP contribution in [0.15, 0.2) is 48.5 Å². The largest absolute Gasteiger partial charge is 0.484 e. The van der Waals surface area contributed by atoms with E-state index >= 15 is 0 Å². The summed E-state index contributed by atoms with van der Waals surface area (Å²) in [4.78, 5) is 27.0. The first-order valence-electron chi connectivity index (χ1n) is 10.3. The second-order valence-electron chi connectivity index (χ2n) is 7.26. The number of ether oxygens (including phenoxy) is 1. The van der Waals surface area contributed by atoms with Gasteiger partial charge >= 0.3 is 0 Å². The molecule has 2 aromatic carbocycles. The van der Waals surface area contributed by atoms with Crippen LogP contribution in [-0.2, 0) is 22.6 Å². The molecule has 0 bridgehead atoms. The van der Waals surface area contributed by atoms with Crippen LogP contribution < -0.4 is 10.1 Å². The van der Waals surface area contributed by atoms with Crippen LogP contribution in [0.2, 0.25) is 0 Å². The van der Waals surface area contributed by atoms with Gasteiger partial charge in [-0.3, -0.25) is 9.59 Å². The summed E-state index contributed by atoms with van der Waals surface area (Å²) in [5.41, 5.74) is 3.34. The van der Waals surface area contributed by atoms with Gasteiger partial charge in [0.25, 0.3) is 5.91 Å². The molecule has 1 N–H and O–H groups in total. The number of hydrogen-bond acceptors (Lipinski definition) is 3. The molecule has 0 aliphatic heterocycles. The molecule has 5 nitrogen and oxygen atoms in total. The zero-order chi connectivity index (χ0) is 21.2. The van der Waals surface area contributed by atoms with Gasteiger partial charge < -0.3 is 15.0 Å². The standard InChI is InChI=1S/C24H32N2O3/c1-5-15-25-24(28)19(4)26(16-21-9-7-18(3)8-10-21)23(27)17-29-22-13-11-20(6-2)12-14-22/h7-14,19H,5-6,15-17H2,1-4H3,(H,25,28)/t19-/m0/s1. The van der Waals surface area contributed by atoms with E-state index in [0.717, 1.165) is 24.0 Å². The fourth-order valence-electron chi connectivity index (χ4n) is 2.92. The topological polar surface area (TPSA) is 58.6 Å². The molecule has 2 amide bonds. The molecule has 2 aromatic rings. The van der Waals surface area contributed by atoms with E-state index in [1.807, 2.05) is 62.4 Å². The minimum absolute atomic E-state index is 0.108. The number of nitrogens with one attached hydrogen (secondary N) is 1. The first-order chi connectivity index (χ1) is 13.9. The molecule has 0 saturated heterocycles. The van der Waals surface area contributed by atoms with Crippen molar-refractivity contribution in [3.63, 3.8) is 0 Å². The van der Waals surface area contributed by atoms with Crippen LogP contribution in [-0.4, -0.2) is 35.9 Å². The van der Waals surface area contributed by atoms with Gasteiger partial charge in [-0.15, -0.1) is 0 Å². The van der Waals surface area contributed by atoms with Crippen molar-refractivity contribution in [2.75, 3.05) is 13.2 Å². The molecule has 0 aromatic heterocycles. The van der Waals surface area contributed by atoms with Gasteiger partial charge in [-0.05, 0) is 49.9 Å². The number of carbonyl (C=O) groups is 2. The summed E-state index contributed by atoms with van der Waals surface area (Å²) in [7, 11) is 0. The van der Waals surface area contributed by atoms with E-state index in [4.69, 9.17) is 4.74 Å². The molecule has 0 unspecified atom stereocenters. The Bertz CT molecular complexity index is 785. The maximum Gasteiger partial charge on any atom is 0.261 e. The number of aryl methyl sites for hydroxylation is 2. The molecule has 0 saturated carbocycles. The average Bonchev–Trinajstić information content (AvgIpc) is 2.75. The van der Waals surface area contributed by atoms with Crippen molar-refractivity contribution in [3.8, 4) is 5.75 Å². The number of nitrogens with zero attached hydrogens (tertiary/aromatic N) is 1. The highest BCUT2D eigenvalue weighted by molar-refractivity contribution is 5.87. The average molecular weight is 397 g/mol. The Morgan fingerprint density at radius 3 is 2.21 bits per heavy atom. The van der Waals surface area contributed by atoms with E-state index in [-0.39, 0.29) is 18.4 Å². The Hall–Kier alpha value is -2.82. The fourth-order valence-corrected chi connectivity index (χ4v) is 2.92. The summed E-state index contributed by atoms with van der Waals surface area (Å²) in [6.45, 7) is 8.71. The predicted octanol–water partition coefficient (Wildman–Crippen LogP) is 3.88. The number of rotatable bonds is 10. The number of benzene rings is 2. The normalized spacial score (nSPS) is 11.6. The monoisotopic (exact) mass is 396 g/mol. The highest BCUT2D eigenvalue weighted by Crippen LogP contribution is 2.15. The van der Waals surface area contributed by atoms with Gasteiger partial charge in [0, 0.05) is 13.1 Å². The third-order valence-electron chi connectivity index (χ3n) is 4.88. The quantitative estimate of drug-likeness (QED) is 0.663. The highest BCUT2D eigenvalue weighted by atomic mass is 16.5. The molecule has 0 heterocycles. The lowest BCUT2D eigenvalue weighted by atomic mass is 10.1. The van der Waals surface area contributed by atoms with Gasteiger partial charge in [-0.25, -0.2) is 0 Å². The van der Waals surface area contributed by atoms with Crippen molar-refractivity contribution in [1.29, 1.82) is 0 Å². The molecule has 0 fully saturated rings. The van der Waals surface area contributed by atoms with E-state index in [2.05, 4.69) is 12.2 Å². The fraction of sp³-hybridized carbons (Fsp3) is 0.417. The Balaban J connectivity index is 2.09. The van der Waals surface area contributed by atoms with Gasteiger partial charge in [-0.1, -0.05) is 55.8 Å². The molecule has 0 radical (unpaired) electrons. The lowest BCUT2D eigenvalue weighted by Gasteiger charge is -2.28. The molecule has 0 aliphatic rings. The van der Waals surface area contributed by atoms with Crippen LogP contribution >= 0.6 is 0 Å². The number of amides is 2. The predicted molar refractivity (Wildman–Crippen MR) is 116 cm³/mol. The maximum atomic E-state index is 13.0. The van der Waals surface area contributed by atoms with Crippen LogP contribution in [0.3, 0.4) is 0 Å². The van der Waals surface area contributed by atoms with Crippen molar-refractivity contribution < 1.29 is 14.3 Å². The summed E-state index contributed by atoms with van der Waals surface area (Å²) in [6.07, 6.45) is 1.80. The Kier molecular flexibility index (Phi) is 8.71. The zero-order valence-electron chi connectivity index (χ0n) is 17.9. The van der Waals surface area contributed by atoms with Gasteiger partial charge in [0.05, 0.1) is 0 Å². The molecular formula is C24H32N2O3. The van der Waals surface area contributed by atoms with Crippen molar-refractivity contribution in [1.82, 2.24) is 10.2 Å². The summed E-state index contributed by atoms with van der Waals surface area (Å²) in [6, 6.07) is 15.1. The molecule has 156 valence electrons. The SMILES string of the molecule is CCCNC(=O)[C@H](C)N(Cc1ccc(C)cc1)C(=O)COc1ccc(CC)cc1. The smallest absolute Gasteiger partial charge is 0.261 e. The molecule has 5 heteroatoms. The van der Waals surface area contributed by atoms with Crippen molar-refractivity contribution in [2.45, 2.75) is 53.1 Å². The molecule has 0 aliphatic carbocycles. The summed E-state index contributed by atoms with van der Waals surface area (Å²) >= 11 is 0. The van der Waals surface area contributed by atoms with E-state index in [1.54, 1.807) is 11.8 Å². The van der Waals surface area contributed by atoms with Crippen LogP contribution in [0.5, 0.6) is 5.75 Å². The third kappa shape index (κ3) is 6.93. The number of carbonyl (C=O) groups excluding carboxylic acids is 2. The lowest BCUT2D eigenvalue weighted by Crippen LogP contribution is -2.49. The van der Waals surface area contributed by atoms with Crippen LogP contribution in [0, 0.1) is 6.92 Å². The van der Waals surface area contributed by atoms with Crippen LogP contribution in [0.25, 0.3) is 0 Å². The minimum atomic E-state index is -0.582. The lowest BCUT2D eigenvalue weighted by molar-refractivity contribution is -0.142. The molecule has 1 atom stereocenters. The third-order valence-corrected chi connectivity index (χ3v) is 4.88. The Morgan fingerprint density at radius 2 is 1.62 bits per heavy atom. The molecule has 29 heavy (non-hydrogen) atoms. The van der Waals surface area contributed by atoms with Crippen molar-refractivity contribution in [2.24, 2.45) is 0 Å². The van der Waals surface area contributed by atoms with Crippen molar-refractivity contribution >= 4 is 11.8 Å². The second-order valence-corrected chi connectivity index (χ2v) is 7.26. The molecular weight excluding hydrogens is 364 g/mol. The van der Waals surface area contributed by atoms with Gasteiger partial charge in [-0.2, -0.15) is 0 Å². The van der Waals surface area contributed by atoms with Crippen LogP contribution in [0.4, 0.5) is 0 Å². The van der Waals surface area contributed by atoms with E-state index in [9.17, 15) is 9.59 Å². The summed E-state index contributed by atoms with van der Waals surface area (Å²) < 4.78 is 5.69. The van der Waals surface area contributed by atoms with E-state index in [1.165, 1.54) is 5.56 Å². The van der Waals surface area contributed by atoms with Gasteiger partial charge in [0.15, 0.2) is 6.61 Å². The van der Waals surface area contributed by atoms with Crippen molar-refractivity contribution in [3.05, 3.63) is 65.2 Å². The van der Waals surface area contributed by atoms with Gasteiger partial charge in [0.1, 0.15) is 11.8 Å². The number of hydrogen-bond donors (Lipinski definition) is 1. The zero-order valence-corrected chi connectivity index (χ0v) is 17.9.